The fourth-order valence-electron chi connectivity index (χ4n) is 0.824. The molecule has 0 aromatic carbocycles. The van der Waals surface area contributed by atoms with Crippen molar-refractivity contribution in [3.05, 3.63) is 24.0 Å². The summed E-state index contributed by atoms with van der Waals surface area (Å²) < 4.78 is 0. The van der Waals surface area contributed by atoms with Crippen LogP contribution in [0.2, 0.25) is 0 Å². The summed E-state index contributed by atoms with van der Waals surface area (Å²) in [5.74, 6) is 0.0647. The summed E-state index contributed by atoms with van der Waals surface area (Å²) in [5.41, 5.74) is 6.97. The number of nitrogens with two attached hydrogens (primary N) is 1. The van der Waals surface area contributed by atoms with Gasteiger partial charge in [-0.05, 0) is 18.6 Å². The van der Waals surface area contributed by atoms with Crippen LogP contribution in [0.3, 0.4) is 0 Å². The van der Waals surface area contributed by atoms with E-state index in [1.807, 2.05) is 13.0 Å². The molecule has 1 heterocycles. The van der Waals surface area contributed by atoms with Gasteiger partial charge in [0.15, 0.2) is 6.19 Å². The molecular weight excluding hydrogens is 166 g/mol. The molecule has 1 rings (SSSR count). The zero-order valence-corrected chi connectivity index (χ0v) is 7.15. The third-order valence-electron chi connectivity index (χ3n) is 1.29. The summed E-state index contributed by atoms with van der Waals surface area (Å²) >= 11 is 0. The van der Waals surface area contributed by atoms with Crippen LogP contribution < -0.4 is 11.1 Å². The lowest BCUT2D eigenvalue weighted by atomic mass is 10.3. The molecule has 0 fully saturated rings. The Morgan fingerprint density at radius 2 is 2.46 bits per heavy atom. The maximum atomic E-state index is 8.23. The van der Waals surface area contributed by atoms with Crippen LogP contribution in [0.25, 0.3) is 0 Å². The van der Waals surface area contributed by atoms with E-state index in [1.165, 1.54) is 0 Å². The third kappa shape index (κ3) is 2.79. The van der Waals surface area contributed by atoms with E-state index in [2.05, 4.69) is 15.3 Å². The minimum atomic E-state index is 0.0647. The van der Waals surface area contributed by atoms with Crippen molar-refractivity contribution in [2.24, 2.45) is 10.7 Å². The fourth-order valence-corrected chi connectivity index (χ4v) is 0.824. The van der Waals surface area contributed by atoms with Crippen LogP contribution in [0.4, 0.5) is 5.69 Å². The highest BCUT2D eigenvalue weighted by atomic mass is 15.1. The lowest BCUT2D eigenvalue weighted by Crippen LogP contribution is -2.26. The predicted octanol–water partition coefficient (Wildman–Crippen LogP) is 0.407. The second-order valence-electron chi connectivity index (χ2n) is 2.45. The van der Waals surface area contributed by atoms with Gasteiger partial charge in [0.05, 0.1) is 11.9 Å². The van der Waals surface area contributed by atoms with Crippen LogP contribution in [-0.2, 0) is 0 Å². The van der Waals surface area contributed by atoms with Gasteiger partial charge in [-0.2, -0.15) is 5.26 Å². The van der Waals surface area contributed by atoms with Gasteiger partial charge in [-0.1, -0.05) is 0 Å². The Bertz CT molecular complexity index is 363. The molecule has 5 heteroatoms. The first-order valence-electron chi connectivity index (χ1n) is 3.63. The second-order valence-corrected chi connectivity index (χ2v) is 2.45. The topological polar surface area (TPSA) is 87.1 Å². The normalized spacial score (nSPS) is 10.6. The molecule has 3 N–H and O–H groups in total. The summed E-state index contributed by atoms with van der Waals surface area (Å²) in [6.45, 7) is 1.90. The van der Waals surface area contributed by atoms with Crippen molar-refractivity contribution in [2.45, 2.75) is 6.92 Å². The molecule has 0 spiro atoms. The summed E-state index contributed by atoms with van der Waals surface area (Å²) in [4.78, 5) is 7.83. The maximum absolute atomic E-state index is 8.23. The Morgan fingerprint density at radius 1 is 1.69 bits per heavy atom. The van der Waals surface area contributed by atoms with Crippen molar-refractivity contribution in [1.82, 2.24) is 10.3 Å². The number of pyridine rings is 1. The van der Waals surface area contributed by atoms with Crippen LogP contribution in [0.1, 0.15) is 5.56 Å². The zero-order chi connectivity index (χ0) is 9.68. The first kappa shape index (κ1) is 9.00. The average molecular weight is 175 g/mol. The molecule has 5 nitrogen and oxygen atoms in total. The lowest BCUT2D eigenvalue weighted by molar-refractivity contribution is 1.20. The van der Waals surface area contributed by atoms with E-state index in [1.54, 1.807) is 18.6 Å². The lowest BCUT2D eigenvalue weighted by Gasteiger charge is -1.97. The molecule has 0 aliphatic rings. The molecule has 13 heavy (non-hydrogen) atoms. The molecule has 0 aliphatic carbocycles. The molecular formula is C8H9N5. The Hall–Kier alpha value is -2.09. The fraction of sp³-hybridized carbons (Fsp3) is 0.125. The van der Waals surface area contributed by atoms with E-state index in [-0.39, 0.29) is 5.96 Å². The van der Waals surface area contributed by atoms with Crippen molar-refractivity contribution < 1.29 is 0 Å². The van der Waals surface area contributed by atoms with Gasteiger partial charge >= 0.3 is 0 Å². The van der Waals surface area contributed by atoms with E-state index in [4.69, 9.17) is 11.0 Å². The van der Waals surface area contributed by atoms with E-state index in [9.17, 15) is 0 Å². The highest BCUT2D eigenvalue weighted by Crippen LogP contribution is 2.10. The number of nitrogens with one attached hydrogen (secondary N) is 1. The number of hydrogen-bond acceptors (Lipinski definition) is 3. The second kappa shape index (κ2) is 4.07. The maximum Gasteiger partial charge on any atom is 0.207 e. The highest BCUT2D eigenvalue weighted by molar-refractivity contribution is 5.81. The van der Waals surface area contributed by atoms with Gasteiger partial charge < -0.3 is 5.73 Å². The molecule has 0 atom stereocenters. The first-order valence-corrected chi connectivity index (χ1v) is 3.63. The Labute approximate surface area is 75.9 Å². The molecule has 0 saturated carbocycles. The summed E-state index contributed by atoms with van der Waals surface area (Å²) in [5, 5.41) is 10.5. The molecule has 0 unspecified atom stereocenters. The average Bonchev–Trinajstić information content (AvgIpc) is 2.04. The van der Waals surface area contributed by atoms with Gasteiger partial charge in [-0.25, -0.2) is 4.99 Å². The minimum absolute atomic E-state index is 0.0647. The van der Waals surface area contributed by atoms with E-state index in [0.29, 0.717) is 5.69 Å². The number of rotatable bonds is 1. The molecule has 66 valence electrons. The van der Waals surface area contributed by atoms with Crippen LogP contribution in [0.15, 0.2) is 23.5 Å². The molecule has 0 saturated heterocycles. The van der Waals surface area contributed by atoms with E-state index >= 15 is 0 Å². The minimum Gasteiger partial charge on any atom is -0.369 e. The number of nitriles is 1. The first-order chi connectivity index (χ1) is 6.22. The third-order valence-corrected chi connectivity index (χ3v) is 1.29. The summed E-state index contributed by atoms with van der Waals surface area (Å²) in [6, 6.07) is 1.82. The molecule has 1 aromatic rings. The number of aromatic nitrogens is 1. The number of hydrogen-bond donors (Lipinski definition) is 2. The zero-order valence-electron chi connectivity index (χ0n) is 7.15. The van der Waals surface area contributed by atoms with Gasteiger partial charge in [0, 0.05) is 6.20 Å². The van der Waals surface area contributed by atoms with Gasteiger partial charge in [0.2, 0.25) is 5.96 Å². The van der Waals surface area contributed by atoms with E-state index < -0.39 is 0 Å². The standard InChI is InChI=1S/C8H9N5/c1-6-2-7(4-11-3-6)13-8(10)12-5-9/h2-4H,1H3,(H3,10,12,13). The number of aryl methyl sites for hydroxylation is 1. The van der Waals surface area contributed by atoms with Crippen molar-refractivity contribution in [3.8, 4) is 6.19 Å². The Kier molecular flexibility index (Phi) is 2.82. The van der Waals surface area contributed by atoms with Crippen LogP contribution >= 0.6 is 0 Å². The summed E-state index contributed by atoms with van der Waals surface area (Å²) in [6.07, 6.45) is 4.96. The van der Waals surface area contributed by atoms with Gasteiger partial charge in [-0.3, -0.25) is 10.3 Å². The molecule has 0 radical (unpaired) electrons. The van der Waals surface area contributed by atoms with Gasteiger partial charge in [0.25, 0.3) is 0 Å². The van der Waals surface area contributed by atoms with E-state index in [0.717, 1.165) is 5.56 Å². The number of nitrogens with zero attached hydrogens (tertiary/aromatic N) is 3. The smallest absolute Gasteiger partial charge is 0.207 e. The highest BCUT2D eigenvalue weighted by Gasteiger charge is 1.92. The number of aliphatic imine (C=N–C) groups is 1. The quantitative estimate of drug-likeness (QED) is 0.280. The SMILES string of the molecule is Cc1cncc(N=C(N)NC#N)c1. The number of guanidine groups is 1. The Balaban J connectivity index is 2.86. The largest absolute Gasteiger partial charge is 0.369 e. The Morgan fingerprint density at radius 3 is 3.08 bits per heavy atom. The molecule has 0 amide bonds. The van der Waals surface area contributed by atoms with Crippen molar-refractivity contribution >= 4 is 11.6 Å². The molecule has 0 aliphatic heterocycles. The predicted molar refractivity (Wildman–Crippen MR) is 49.0 cm³/mol. The van der Waals surface area contributed by atoms with Crippen LogP contribution in [0.5, 0.6) is 0 Å². The molecule has 1 aromatic heterocycles. The van der Waals surface area contributed by atoms with Gasteiger partial charge in [0.1, 0.15) is 0 Å². The monoisotopic (exact) mass is 175 g/mol. The van der Waals surface area contributed by atoms with Gasteiger partial charge in [-0.15, -0.1) is 0 Å². The summed E-state index contributed by atoms with van der Waals surface area (Å²) in [7, 11) is 0. The van der Waals surface area contributed by atoms with Crippen LogP contribution in [-0.4, -0.2) is 10.9 Å². The molecule has 0 bridgehead atoms. The van der Waals surface area contributed by atoms with Crippen molar-refractivity contribution in [1.29, 1.82) is 5.26 Å². The van der Waals surface area contributed by atoms with Crippen LogP contribution in [0, 0.1) is 18.4 Å². The van der Waals surface area contributed by atoms with Crippen molar-refractivity contribution in [3.63, 3.8) is 0 Å². The van der Waals surface area contributed by atoms with Crippen molar-refractivity contribution in [2.75, 3.05) is 0 Å².